The van der Waals surface area contributed by atoms with Crippen LogP contribution in [0.15, 0.2) is 47.4 Å². The van der Waals surface area contributed by atoms with Gasteiger partial charge in [-0.3, -0.25) is 4.79 Å². The van der Waals surface area contributed by atoms with Crippen molar-refractivity contribution in [3.05, 3.63) is 58.1 Å². The van der Waals surface area contributed by atoms with E-state index in [-0.39, 0.29) is 34.3 Å². The third-order valence-electron chi connectivity index (χ3n) is 6.68. The number of carboxylic acid groups (broad SMARTS) is 1. The van der Waals surface area contributed by atoms with Crippen molar-refractivity contribution in [1.82, 2.24) is 14.5 Å². The van der Waals surface area contributed by atoms with Crippen molar-refractivity contribution in [2.75, 3.05) is 19.6 Å². The molecule has 1 aliphatic rings. The van der Waals surface area contributed by atoms with E-state index in [1.807, 2.05) is 13.8 Å². The van der Waals surface area contributed by atoms with Crippen LogP contribution in [0.3, 0.4) is 0 Å². The van der Waals surface area contributed by atoms with E-state index < -0.39 is 39.6 Å². The lowest BCUT2D eigenvalue weighted by Crippen LogP contribution is -2.58. The number of rotatable bonds is 10. The van der Waals surface area contributed by atoms with Crippen molar-refractivity contribution in [3.63, 3.8) is 0 Å². The first-order chi connectivity index (χ1) is 18.3. The van der Waals surface area contributed by atoms with E-state index in [1.165, 1.54) is 30.0 Å². The van der Waals surface area contributed by atoms with Crippen LogP contribution in [0.1, 0.15) is 39.2 Å². The Morgan fingerprint density at radius 1 is 1.10 bits per heavy atom. The van der Waals surface area contributed by atoms with Gasteiger partial charge < -0.3 is 20.1 Å². The smallest absolute Gasteiger partial charge is 0.415 e. The Morgan fingerprint density at radius 3 is 2.23 bits per heavy atom. The molecular formula is C26H31Cl2N3O7S. The predicted octanol–water partition coefficient (Wildman–Crippen LogP) is 4.19. The van der Waals surface area contributed by atoms with Gasteiger partial charge in [0.1, 0.15) is 17.3 Å². The standard InChI is InChI=1S/C26H31Cl2N3O7S/c1-4-30(5-2)25(35)38-20-9-7-17(8-10-20)13-22(23(32)33)29-24(34)26(3)11-6-12-31(26)39(36,37)21-15-18(27)14-19(28)16-21/h7-10,14-16,22H,4-6,11-13H2,1-3H3,(H,29,34)(H,32,33)/t22-,26-/m0/s1. The summed E-state index contributed by atoms with van der Waals surface area (Å²) in [6, 6.07) is 8.86. The Hall–Kier alpha value is -2.86. The van der Waals surface area contributed by atoms with E-state index >= 15 is 0 Å². The minimum atomic E-state index is -4.16. The monoisotopic (exact) mass is 599 g/mol. The van der Waals surface area contributed by atoms with Crippen LogP contribution in [-0.4, -0.2) is 71.9 Å². The molecular weight excluding hydrogens is 569 g/mol. The highest BCUT2D eigenvalue weighted by molar-refractivity contribution is 7.89. The van der Waals surface area contributed by atoms with Crippen LogP contribution in [0.4, 0.5) is 4.79 Å². The summed E-state index contributed by atoms with van der Waals surface area (Å²) in [6.45, 7) is 6.21. The first kappa shape index (κ1) is 30.7. The maximum atomic E-state index is 13.4. The molecule has 0 bridgehead atoms. The first-order valence-corrected chi connectivity index (χ1v) is 14.6. The number of sulfonamides is 1. The fraction of sp³-hybridized carbons (Fsp3) is 0.423. The zero-order valence-electron chi connectivity index (χ0n) is 21.8. The minimum absolute atomic E-state index is 0.0712. The summed E-state index contributed by atoms with van der Waals surface area (Å²) in [6.07, 6.45) is 0.0412. The van der Waals surface area contributed by atoms with Gasteiger partial charge in [-0.25, -0.2) is 18.0 Å². The second-order valence-corrected chi connectivity index (χ2v) is 12.0. The highest BCUT2D eigenvalue weighted by Crippen LogP contribution is 2.36. The van der Waals surface area contributed by atoms with Crippen LogP contribution >= 0.6 is 23.2 Å². The molecule has 212 valence electrons. The Bertz CT molecular complexity index is 1310. The van der Waals surface area contributed by atoms with Crippen molar-refractivity contribution in [3.8, 4) is 5.75 Å². The molecule has 10 nitrogen and oxygen atoms in total. The highest BCUT2D eigenvalue weighted by Gasteiger charge is 2.50. The normalized spacial score (nSPS) is 18.4. The van der Waals surface area contributed by atoms with Gasteiger partial charge in [0, 0.05) is 36.1 Å². The van der Waals surface area contributed by atoms with Gasteiger partial charge in [0.15, 0.2) is 0 Å². The number of benzene rings is 2. The topological polar surface area (TPSA) is 133 Å². The molecule has 2 aromatic rings. The van der Waals surface area contributed by atoms with E-state index in [2.05, 4.69) is 5.32 Å². The maximum absolute atomic E-state index is 13.4. The van der Waals surface area contributed by atoms with Gasteiger partial charge in [-0.15, -0.1) is 0 Å². The molecule has 39 heavy (non-hydrogen) atoms. The lowest BCUT2D eigenvalue weighted by molar-refractivity contribution is -0.143. The van der Waals surface area contributed by atoms with Crippen molar-refractivity contribution < 1.29 is 32.6 Å². The first-order valence-electron chi connectivity index (χ1n) is 12.4. The Balaban J connectivity index is 1.75. The van der Waals surface area contributed by atoms with Crippen LogP contribution in [-0.2, 0) is 26.0 Å². The van der Waals surface area contributed by atoms with Gasteiger partial charge in [0.2, 0.25) is 15.9 Å². The molecule has 0 radical (unpaired) electrons. The van der Waals surface area contributed by atoms with E-state index in [0.29, 0.717) is 30.8 Å². The van der Waals surface area contributed by atoms with Gasteiger partial charge in [-0.1, -0.05) is 35.3 Å². The largest absolute Gasteiger partial charge is 0.480 e. The summed E-state index contributed by atoms with van der Waals surface area (Å²) in [4.78, 5) is 38.9. The van der Waals surface area contributed by atoms with Crippen LogP contribution in [0.25, 0.3) is 0 Å². The molecule has 13 heteroatoms. The van der Waals surface area contributed by atoms with E-state index in [4.69, 9.17) is 27.9 Å². The molecule has 0 spiro atoms. The van der Waals surface area contributed by atoms with Crippen LogP contribution in [0.5, 0.6) is 5.75 Å². The van der Waals surface area contributed by atoms with Gasteiger partial charge in [-0.05, 0) is 69.5 Å². The maximum Gasteiger partial charge on any atom is 0.415 e. The summed E-state index contributed by atoms with van der Waals surface area (Å²) in [5.74, 6) is -1.71. The minimum Gasteiger partial charge on any atom is -0.480 e. The lowest BCUT2D eigenvalue weighted by atomic mass is 9.97. The fourth-order valence-corrected chi connectivity index (χ4v) is 6.98. The molecule has 2 N–H and O–H groups in total. The summed E-state index contributed by atoms with van der Waals surface area (Å²) in [7, 11) is -4.16. The third-order valence-corrected chi connectivity index (χ3v) is 9.12. The number of carbonyl (C=O) groups excluding carboxylic acids is 2. The molecule has 3 rings (SSSR count). The lowest BCUT2D eigenvalue weighted by Gasteiger charge is -2.34. The quantitative estimate of drug-likeness (QED) is 0.418. The van der Waals surface area contributed by atoms with Gasteiger partial charge in [0.05, 0.1) is 4.90 Å². The predicted molar refractivity (Wildman–Crippen MR) is 147 cm³/mol. The number of carbonyl (C=O) groups is 3. The molecule has 0 unspecified atom stereocenters. The molecule has 2 aromatic carbocycles. The molecule has 1 fully saturated rings. The zero-order valence-corrected chi connectivity index (χ0v) is 24.1. The molecule has 1 saturated heterocycles. The number of nitrogens with one attached hydrogen (secondary N) is 1. The van der Waals surface area contributed by atoms with Crippen LogP contribution in [0, 0.1) is 0 Å². The summed E-state index contributed by atoms with van der Waals surface area (Å²) < 4.78 is 33.3. The molecule has 2 amide bonds. The number of amides is 2. The molecule has 0 saturated carbocycles. The summed E-state index contributed by atoms with van der Waals surface area (Å²) >= 11 is 12.0. The summed E-state index contributed by atoms with van der Waals surface area (Å²) in [5.41, 5.74) is -0.955. The average Bonchev–Trinajstić information content (AvgIpc) is 3.28. The van der Waals surface area contributed by atoms with Gasteiger partial charge in [0.25, 0.3) is 0 Å². The van der Waals surface area contributed by atoms with Crippen molar-refractivity contribution >= 4 is 51.2 Å². The van der Waals surface area contributed by atoms with Crippen LogP contribution in [0.2, 0.25) is 10.0 Å². The number of hydrogen-bond acceptors (Lipinski definition) is 6. The van der Waals surface area contributed by atoms with Gasteiger partial charge >= 0.3 is 12.1 Å². The van der Waals surface area contributed by atoms with E-state index in [0.717, 1.165) is 4.31 Å². The average molecular weight is 601 g/mol. The Kier molecular flexibility index (Phi) is 9.87. The number of carboxylic acids is 1. The SMILES string of the molecule is CCN(CC)C(=O)Oc1ccc(C[C@H](NC(=O)[C@]2(C)CCCN2S(=O)(=O)c2cc(Cl)cc(Cl)c2)C(=O)O)cc1. The third kappa shape index (κ3) is 7.02. The number of halogens is 2. The molecule has 2 atom stereocenters. The number of hydrogen-bond donors (Lipinski definition) is 2. The molecule has 1 aliphatic heterocycles. The number of nitrogens with zero attached hydrogens (tertiary/aromatic N) is 2. The molecule has 0 aromatic heterocycles. The number of aliphatic carboxylic acids is 1. The van der Waals surface area contributed by atoms with Crippen molar-refractivity contribution in [2.45, 2.75) is 56.5 Å². The molecule has 0 aliphatic carbocycles. The Labute approximate surface area is 237 Å². The van der Waals surface area contributed by atoms with Crippen LogP contribution < -0.4 is 10.1 Å². The fourth-order valence-electron chi connectivity index (χ4n) is 4.45. The zero-order chi connectivity index (χ0) is 29.0. The van der Waals surface area contributed by atoms with E-state index in [9.17, 15) is 27.9 Å². The Morgan fingerprint density at radius 2 is 1.69 bits per heavy atom. The second-order valence-electron chi connectivity index (χ2n) is 9.31. The van der Waals surface area contributed by atoms with E-state index in [1.54, 1.807) is 24.3 Å². The summed E-state index contributed by atoms with van der Waals surface area (Å²) in [5, 5.41) is 12.6. The van der Waals surface area contributed by atoms with Gasteiger partial charge in [-0.2, -0.15) is 4.31 Å². The number of ether oxygens (including phenoxy) is 1. The van der Waals surface area contributed by atoms with Crippen molar-refractivity contribution in [1.29, 1.82) is 0 Å². The van der Waals surface area contributed by atoms with Crippen molar-refractivity contribution in [2.24, 2.45) is 0 Å². The highest BCUT2D eigenvalue weighted by atomic mass is 35.5. The molecule has 1 heterocycles. The second kappa shape index (κ2) is 12.5.